The van der Waals surface area contributed by atoms with Crippen molar-refractivity contribution in [2.75, 3.05) is 41.2 Å². The summed E-state index contributed by atoms with van der Waals surface area (Å²) in [5.74, 6) is -1.53. The number of alkyl halides is 6. The summed E-state index contributed by atoms with van der Waals surface area (Å²) >= 11 is 23.4. The number of carbonyl (C=O) groups excluding carboxylic acids is 4. The maximum Gasteiger partial charge on any atom is 0.417 e. The summed E-state index contributed by atoms with van der Waals surface area (Å²) in [6.07, 6.45) is -2.74. The molecule has 1 unspecified atom stereocenters. The highest BCUT2D eigenvalue weighted by molar-refractivity contribution is 7.93. The van der Waals surface area contributed by atoms with Gasteiger partial charge in [0.15, 0.2) is 0 Å². The summed E-state index contributed by atoms with van der Waals surface area (Å²) in [4.78, 5) is 56.3. The highest BCUT2D eigenvalue weighted by atomic mass is 35.5. The first kappa shape index (κ1) is 63.7. The Bertz CT molecular complexity index is 3490. The molecular weight excluding hydrogens is 1160 g/mol. The lowest BCUT2D eigenvalue weighted by Gasteiger charge is -2.15. The van der Waals surface area contributed by atoms with E-state index in [4.69, 9.17) is 61.7 Å². The van der Waals surface area contributed by atoms with Crippen LogP contribution in [0.15, 0.2) is 112 Å². The van der Waals surface area contributed by atoms with Crippen LogP contribution in [0.25, 0.3) is 0 Å². The smallest absolute Gasteiger partial charge is 0.399 e. The molecule has 1 fully saturated rings. The largest absolute Gasteiger partial charge is 0.417 e. The second-order valence-electron chi connectivity index (χ2n) is 16.2. The third kappa shape index (κ3) is 17.6. The lowest BCUT2D eigenvalue weighted by molar-refractivity contribution is -0.138. The van der Waals surface area contributed by atoms with Crippen molar-refractivity contribution in [1.82, 2.24) is 15.3 Å². The fourth-order valence-corrected chi connectivity index (χ4v) is 9.54. The number of urea groups is 1. The molecule has 1 atom stereocenters. The molecule has 0 saturated carbocycles. The van der Waals surface area contributed by atoms with Crippen molar-refractivity contribution in [3.8, 4) is 0 Å². The number of hydrogen-bond acceptors (Lipinski definition) is 13. The van der Waals surface area contributed by atoms with Gasteiger partial charge >= 0.3 is 18.4 Å². The van der Waals surface area contributed by atoms with E-state index in [2.05, 4.69) is 42.0 Å². The molecule has 2 amide bonds. The fraction of sp³-hybridized carbons (Fsp3) is 0.224. The summed E-state index contributed by atoms with van der Waals surface area (Å²) in [5, 5.41) is 3.55. The Morgan fingerprint density at radius 1 is 0.692 bits per heavy atom. The molecule has 2 aromatic heterocycles. The van der Waals surface area contributed by atoms with Crippen LogP contribution in [0.4, 0.5) is 53.9 Å². The van der Waals surface area contributed by atoms with Gasteiger partial charge in [-0.15, -0.1) is 0 Å². The van der Waals surface area contributed by atoms with E-state index in [1.807, 2.05) is 0 Å². The van der Waals surface area contributed by atoms with Crippen molar-refractivity contribution >= 4 is 113 Å². The van der Waals surface area contributed by atoms with Gasteiger partial charge in [0, 0.05) is 55.6 Å². The normalized spacial score (nSPS) is 13.1. The van der Waals surface area contributed by atoms with Crippen LogP contribution in [-0.4, -0.2) is 77.3 Å². The van der Waals surface area contributed by atoms with Crippen LogP contribution in [-0.2, 0) is 41.9 Å². The van der Waals surface area contributed by atoms with E-state index in [1.54, 1.807) is 13.8 Å². The Morgan fingerprint density at radius 3 is 1.49 bits per heavy atom. The quantitative estimate of drug-likeness (QED) is 0.0267. The van der Waals surface area contributed by atoms with Gasteiger partial charge < -0.3 is 21.1 Å². The minimum Gasteiger partial charge on any atom is -0.399 e. The highest BCUT2D eigenvalue weighted by Crippen LogP contribution is 2.38. The minimum absolute atomic E-state index is 0.00819. The molecule has 1 saturated heterocycles. The third-order valence-corrected chi connectivity index (χ3v) is 14.3. The van der Waals surface area contributed by atoms with Crippen molar-refractivity contribution in [3.63, 3.8) is 0 Å². The number of nitrogens with two attached hydrogens (primary N) is 1. The molecule has 0 bridgehead atoms. The van der Waals surface area contributed by atoms with E-state index in [0.717, 1.165) is 30.9 Å². The number of nitrogens with one attached hydrogen (secondary N) is 4. The maximum absolute atomic E-state index is 13.3. The standard InChI is InChI=1S/C22H17Cl2F3N4O4S.C20H14Cl2F3N3O3S.C5H10O.C2H3NO/c1-11-7-18(31-36(34,35)13-4-6-17(24)15(9-13)22(25,26)27)19(29-10-11)20(32)14-8-12(3-5-16(14)23)30-21(33)28-2;1-10-6-17(18(27-9-10)19(29)13-7-11(26)2-4-15(13)21)28-32(30,31)12-3-5-16(22)14(8-12)20(23,24)25;1-5-3-2-4-6-5;1-3-2-4/h3-10,31H,1-2H3,(H2,28,30,33);2-9,28H,26H2,1H3;5H,2-4H2,1H3;1H3. The van der Waals surface area contributed by atoms with E-state index in [0.29, 0.717) is 29.4 Å². The predicted octanol–water partition coefficient (Wildman–Crippen LogP) is 12.0. The van der Waals surface area contributed by atoms with E-state index in [1.165, 1.54) is 93.9 Å². The molecule has 78 heavy (non-hydrogen) atoms. The number of carbonyl (C=O) groups is 3. The Kier molecular flexibility index (Phi) is 22.2. The molecule has 0 spiro atoms. The molecule has 3 heterocycles. The van der Waals surface area contributed by atoms with Gasteiger partial charge in [0.05, 0.1) is 58.5 Å². The van der Waals surface area contributed by atoms with Crippen molar-refractivity contribution in [2.24, 2.45) is 4.99 Å². The summed E-state index contributed by atoms with van der Waals surface area (Å²) in [6, 6.07) is 14.5. The molecule has 6 aromatic rings. The Morgan fingerprint density at radius 2 is 1.12 bits per heavy atom. The Hall–Kier alpha value is -6.83. The molecule has 0 radical (unpaired) electrons. The fourth-order valence-electron chi connectivity index (χ4n) is 6.52. The number of nitrogen functional groups attached to an aromatic ring is 1. The predicted molar refractivity (Wildman–Crippen MR) is 283 cm³/mol. The number of benzene rings is 4. The van der Waals surface area contributed by atoms with Gasteiger partial charge in [-0.2, -0.15) is 26.3 Å². The van der Waals surface area contributed by atoms with E-state index >= 15 is 0 Å². The number of aromatic nitrogens is 2. The van der Waals surface area contributed by atoms with Crippen LogP contribution >= 0.6 is 46.4 Å². The topological polar surface area (TPSA) is 258 Å². The number of ketones is 2. The van der Waals surface area contributed by atoms with Gasteiger partial charge in [0.1, 0.15) is 11.4 Å². The Labute approximate surface area is 463 Å². The first-order valence-corrected chi connectivity index (χ1v) is 26.5. The molecule has 6 N–H and O–H groups in total. The van der Waals surface area contributed by atoms with Gasteiger partial charge in [0.25, 0.3) is 20.0 Å². The van der Waals surface area contributed by atoms with Crippen molar-refractivity contribution in [3.05, 3.63) is 162 Å². The number of halogens is 10. The van der Waals surface area contributed by atoms with Gasteiger partial charge in [-0.05, 0) is 130 Å². The Balaban J connectivity index is 0.000000286. The van der Waals surface area contributed by atoms with E-state index in [9.17, 15) is 57.6 Å². The number of nitrogens with zero attached hydrogens (tertiary/aromatic N) is 3. The molecule has 0 aliphatic carbocycles. The van der Waals surface area contributed by atoms with Crippen molar-refractivity contribution in [2.45, 2.75) is 61.9 Å². The van der Waals surface area contributed by atoms with Gasteiger partial charge in [-0.1, -0.05) is 46.4 Å². The van der Waals surface area contributed by atoms with E-state index < -0.39 is 81.0 Å². The number of aliphatic imine (C=N–C) groups is 1. The number of aryl methyl sites for hydroxylation is 2. The highest BCUT2D eigenvalue weighted by Gasteiger charge is 2.36. The van der Waals surface area contributed by atoms with Crippen LogP contribution in [0.1, 0.15) is 74.1 Å². The summed E-state index contributed by atoms with van der Waals surface area (Å²) in [5.41, 5.74) is 3.14. The monoisotopic (exact) mass is 1210 g/mol. The molecule has 29 heteroatoms. The van der Waals surface area contributed by atoms with Gasteiger partial charge in [-0.3, -0.25) is 29.0 Å². The molecule has 4 aromatic carbocycles. The van der Waals surface area contributed by atoms with Gasteiger partial charge in [0.2, 0.25) is 17.6 Å². The maximum atomic E-state index is 13.3. The average molecular weight is 1210 g/mol. The molecular formula is C49H44Cl4F6N8O9S2. The lowest BCUT2D eigenvalue weighted by Crippen LogP contribution is -2.24. The molecule has 17 nitrogen and oxygen atoms in total. The van der Waals surface area contributed by atoms with Crippen LogP contribution in [0.5, 0.6) is 0 Å². The third-order valence-electron chi connectivity index (χ3n) is 10.3. The number of pyridine rings is 2. The second-order valence-corrected chi connectivity index (χ2v) is 21.2. The minimum atomic E-state index is -4.89. The van der Waals surface area contributed by atoms with Crippen LogP contribution in [0, 0.1) is 13.8 Å². The number of rotatable bonds is 11. The van der Waals surface area contributed by atoms with Crippen LogP contribution < -0.4 is 25.8 Å². The first-order valence-electron chi connectivity index (χ1n) is 22.1. The van der Waals surface area contributed by atoms with Crippen molar-refractivity contribution in [1.29, 1.82) is 0 Å². The second kappa shape index (κ2) is 27.2. The number of isocyanates is 1. The molecule has 416 valence electrons. The average Bonchev–Trinajstić information content (AvgIpc) is 3.87. The van der Waals surface area contributed by atoms with E-state index in [-0.39, 0.29) is 55.3 Å². The van der Waals surface area contributed by atoms with Crippen LogP contribution in [0.3, 0.4) is 0 Å². The number of anilines is 4. The number of sulfonamides is 2. The summed E-state index contributed by atoms with van der Waals surface area (Å²) in [7, 11) is -6.37. The number of hydrogen-bond donors (Lipinski definition) is 5. The van der Waals surface area contributed by atoms with Gasteiger partial charge in [-0.25, -0.2) is 31.4 Å². The van der Waals surface area contributed by atoms with Crippen LogP contribution in [0.2, 0.25) is 20.1 Å². The zero-order valence-corrected chi connectivity index (χ0v) is 45.8. The molecule has 1 aliphatic rings. The zero-order chi connectivity index (χ0) is 58.5. The molecule has 1 aliphatic heterocycles. The summed E-state index contributed by atoms with van der Waals surface area (Å²) < 4.78 is 140. The first-order chi connectivity index (χ1) is 36.3. The lowest BCUT2D eigenvalue weighted by atomic mass is 10.0. The molecule has 7 rings (SSSR count). The SMILES string of the molecule is CC1CCCO1.CN=C=O.CNC(=O)Nc1ccc(Cl)c(C(=O)c2ncc(C)cc2NS(=O)(=O)c2ccc(Cl)c(C(F)(F)F)c2)c1.Cc1cnc(C(=O)c2cc(N)ccc2Cl)c(NS(=O)(=O)c2ccc(Cl)c(C(F)(F)F)c2)c1. The van der Waals surface area contributed by atoms with Crippen molar-refractivity contribution < 1.29 is 67.1 Å². The number of amides is 2. The summed E-state index contributed by atoms with van der Waals surface area (Å²) in [6.45, 7) is 6.27. The number of ether oxygens (including phenoxy) is 1. The zero-order valence-electron chi connectivity index (χ0n) is 41.1.